The summed E-state index contributed by atoms with van der Waals surface area (Å²) in [4.78, 5) is 15.1. The number of amides is 2. The van der Waals surface area contributed by atoms with Crippen LogP contribution in [0, 0.1) is 0 Å². The van der Waals surface area contributed by atoms with E-state index in [1.54, 1.807) is 23.9 Å². The molecule has 9 heteroatoms. The second-order valence-corrected chi connectivity index (χ2v) is 6.09. The van der Waals surface area contributed by atoms with Gasteiger partial charge in [-0.2, -0.15) is 18.3 Å². The molecule has 0 aliphatic carbocycles. The fraction of sp³-hybridized carbons (Fsp3) is 0.714. The highest BCUT2D eigenvalue weighted by atomic mass is 19.4. The molecule has 1 aliphatic rings. The number of piperazine rings is 1. The van der Waals surface area contributed by atoms with Gasteiger partial charge in [0, 0.05) is 44.0 Å². The molecule has 2 rings (SSSR count). The highest BCUT2D eigenvalue weighted by Gasteiger charge is 2.36. The highest BCUT2D eigenvalue weighted by molar-refractivity contribution is 5.88. The minimum atomic E-state index is -4.22. The molecule has 6 nitrogen and oxygen atoms in total. The van der Waals surface area contributed by atoms with E-state index < -0.39 is 12.7 Å². The van der Waals surface area contributed by atoms with Crippen LogP contribution in [0.2, 0.25) is 0 Å². The van der Waals surface area contributed by atoms with Crippen molar-refractivity contribution in [2.45, 2.75) is 39.0 Å². The first-order chi connectivity index (χ1) is 10.7. The highest BCUT2D eigenvalue weighted by Crippen LogP contribution is 2.20. The molecule has 23 heavy (non-hydrogen) atoms. The maximum atomic E-state index is 12.5. The summed E-state index contributed by atoms with van der Waals surface area (Å²) in [6.45, 7) is 5.42. The first-order valence-corrected chi connectivity index (χ1v) is 7.57. The number of nitrogens with zero attached hydrogens (tertiary/aromatic N) is 4. The molecule has 1 aromatic rings. The summed E-state index contributed by atoms with van der Waals surface area (Å²) in [6, 6.07) is 1.20. The van der Waals surface area contributed by atoms with Gasteiger partial charge in [0.2, 0.25) is 0 Å². The fourth-order valence-electron chi connectivity index (χ4n) is 2.53. The van der Waals surface area contributed by atoms with Gasteiger partial charge in [0.05, 0.1) is 6.54 Å². The van der Waals surface area contributed by atoms with E-state index in [-0.39, 0.29) is 37.7 Å². The van der Waals surface area contributed by atoms with Crippen LogP contribution in [0.15, 0.2) is 12.3 Å². The van der Waals surface area contributed by atoms with Crippen molar-refractivity contribution in [2.75, 3.05) is 31.5 Å². The lowest BCUT2D eigenvalue weighted by atomic mass is 10.2. The van der Waals surface area contributed by atoms with Gasteiger partial charge in [-0.05, 0) is 20.8 Å². The number of anilines is 1. The molecular weight excluding hydrogens is 311 g/mol. The first-order valence-electron chi connectivity index (χ1n) is 7.57. The molecule has 130 valence electrons. The van der Waals surface area contributed by atoms with Gasteiger partial charge in [0.25, 0.3) is 0 Å². The summed E-state index contributed by atoms with van der Waals surface area (Å²) in [5, 5.41) is 6.91. The van der Waals surface area contributed by atoms with Crippen molar-refractivity contribution in [2.24, 2.45) is 0 Å². The maximum absolute atomic E-state index is 12.5. The molecule has 1 aliphatic heterocycles. The van der Waals surface area contributed by atoms with Crippen LogP contribution in [0.1, 0.15) is 26.8 Å². The monoisotopic (exact) mass is 333 g/mol. The number of carbonyl (C=O) groups excluding carboxylic acids is 1. The lowest BCUT2D eigenvalue weighted by Gasteiger charge is -2.39. The molecule has 0 spiro atoms. The molecule has 1 saturated heterocycles. The van der Waals surface area contributed by atoms with Gasteiger partial charge in [0.1, 0.15) is 0 Å². The number of halogens is 3. The number of aromatic nitrogens is 2. The van der Waals surface area contributed by atoms with Crippen molar-refractivity contribution in [1.82, 2.24) is 19.6 Å². The van der Waals surface area contributed by atoms with Gasteiger partial charge in [-0.1, -0.05) is 0 Å². The summed E-state index contributed by atoms with van der Waals surface area (Å²) in [6.07, 6.45) is -2.45. The topological polar surface area (TPSA) is 53.4 Å². The molecule has 1 N–H and O–H groups in total. The van der Waals surface area contributed by atoms with E-state index in [9.17, 15) is 18.0 Å². The quantitative estimate of drug-likeness (QED) is 0.925. The average Bonchev–Trinajstić information content (AvgIpc) is 2.88. The lowest BCUT2D eigenvalue weighted by Crippen LogP contribution is -2.56. The predicted octanol–water partition coefficient (Wildman–Crippen LogP) is 2.56. The fourth-order valence-corrected chi connectivity index (χ4v) is 2.53. The van der Waals surface area contributed by atoms with E-state index in [2.05, 4.69) is 10.4 Å². The zero-order chi connectivity index (χ0) is 17.2. The second-order valence-electron chi connectivity index (χ2n) is 6.09. The second kappa shape index (κ2) is 6.77. The molecule has 0 radical (unpaired) electrons. The molecule has 2 heterocycles. The van der Waals surface area contributed by atoms with Crippen molar-refractivity contribution >= 4 is 11.8 Å². The summed E-state index contributed by atoms with van der Waals surface area (Å²) in [5.41, 5.74) is 0. The largest absolute Gasteiger partial charge is 0.401 e. The number of carbonyl (C=O) groups is 1. The van der Waals surface area contributed by atoms with Crippen LogP contribution in [0.3, 0.4) is 0 Å². The molecule has 0 aromatic carbocycles. The van der Waals surface area contributed by atoms with E-state index in [1.165, 1.54) is 9.80 Å². The minimum absolute atomic E-state index is 0.187. The molecule has 2 amide bonds. The van der Waals surface area contributed by atoms with Crippen LogP contribution < -0.4 is 5.32 Å². The van der Waals surface area contributed by atoms with Crippen LogP contribution in [-0.4, -0.2) is 64.0 Å². The first kappa shape index (κ1) is 17.6. The molecule has 1 unspecified atom stereocenters. The van der Waals surface area contributed by atoms with Crippen molar-refractivity contribution in [1.29, 1.82) is 0 Å². The Kier molecular flexibility index (Phi) is 5.18. The summed E-state index contributed by atoms with van der Waals surface area (Å²) in [7, 11) is 0. The van der Waals surface area contributed by atoms with E-state index in [4.69, 9.17) is 0 Å². The summed E-state index contributed by atoms with van der Waals surface area (Å²) in [5.74, 6) is 0.439. The van der Waals surface area contributed by atoms with Crippen LogP contribution >= 0.6 is 0 Å². The third-order valence-corrected chi connectivity index (χ3v) is 3.81. The van der Waals surface area contributed by atoms with Crippen LogP contribution in [0.4, 0.5) is 23.8 Å². The molecule has 1 fully saturated rings. The van der Waals surface area contributed by atoms with Gasteiger partial charge in [-0.3, -0.25) is 14.9 Å². The van der Waals surface area contributed by atoms with Crippen LogP contribution in [0.5, 0.6) is 0 Å². The molecule has 1 aromatic heterocycles. The predicted molar refractivity (Wildman–Crippen MR) is 80.3 cm³/mol. The van der Waals surface area contributed by atoms with E-state index >= 15 is 0 Å². The third kappa shape index (κ3) is 4.85. The number of rotatable bonds is 3. The van der Waals surface area contributed by atoms with Gasteiger partial charge in [-0.15, -0.1) is 0 Å². The Bertz CT molecular complexity index is 543. The van der Waals surface area contributed by atoms with Crippen molar-refractivity contribution < 1.29 is 18.0 Å². The molecule has 0 saturated carbocycles. The summed E-state index contributed by atoms with van der Waals surface area (Å²) < 4.78 is 39.2. The third-order valence-electron chi connectivity index (χ3n) is 3.81. The number of nitrogens with one attached hydrogen (secondary N) is 1. The lowest BCUT2D eigenvalue weighted by molar-refractivity contribution is -0.153. The summed E-state index contributed by atoms with van der Waals surface area (Å²) >= 11 is 0. The average molecular weight is 333 g/mol. The molecule has 1 atom stereocenters. The van der Waals surface area contributed by atoms with Gasteiger partial charge in [-0.25, -0.2) is 4.79 Å². The van der Waals surface area contributed by atoms with E-state index in [0.29, 0.717) is 5.82 Å². The van der Waals surface area contributed by atoms with Crippen molar-refractivity contribution in [3.05, 3.63) is 12.3 Å². The normalized spacial score (nSPS) is 20.1. The maximum Gasteiger partial charge on any atom is 0.401 e. The Morgan fingerprint density at radius 2 is 2.13 bits per heavy atom. The van der Waals surface area contributed by atoms with E-state index in [1.807, 2.05) is 13.8 Å². The van der Waals surface area contributed by atoms with Gasteiger partial charge < -0.3 is 4.90 Å². The molecular formula is C14H22F3N5O. The Hall–Kier alpha value is -1.77. The Morgan fingerprint density at radius 1 is 1.43 bits per heavy atom. The van der Waals surface area contributed by atoms with Gasteiger partial charge in [0.15, 0.2) is 5.82 Å². The number of urea groups is 1. The Balaban J connectivity index is 1.89. The standard InChI is InChI=1S/C14H22F3N5O/c1-10(2)22-5-4-12(19-22)18-13(23)20-6-7-21(11(3)8-20)9-14(15,16)17/h4-5,10-11H,6-9H2,1-3H3,(H,18,19,23). The zero-order valence-electron chi connectivity index (χ0n) is 13.5. The zero-order valence-corrected chi connectivity index (χ0v) is 13.5. The van der Waals surface area contributed by atoms with Gasteiger partial charge >= 0.3 is 12.2 Å². The van der Waals surface area contributed by atoms with Crippen LogP contribution in [-0.2, 0) is 0 Å². The van der Waals surface area contributed by atoms with Crippen molar-refractivity contribution in [3.8, 4) is 0 Å². The SMILES string of the molecule is CC1CN(C(=O)Nc2ccn(C(C)C)n2)CCN1CC(F)(F)F. The Morgan fingerprint density at radius 3 is 2.65 bits per heavy atom. The van der Waals surface area contributed by atoms with Crippen molar-refractivity contribution in [3.63, 3.8) is 0 Å². The Labute approximate surface area is 133 Å². The minimum Gasteiger partial charge on any atom is -0.322 e. The number of hydrogen-bond donors (Lipinski definition) is 1. The molecule has 0 bridgehead atoms. The van der Waals surface area contributed by atoms with Crippen LogP contribution in [0.25, 0.3) is 0 Å². The number of alkyl halides is 3. The number of hydrogen-bond acceptors (Lipinski definition) is 3. The smallest absolute Gasteiger partial charge is 0.322 e. The van der Waals surface area contributed by atoms with E-state index in [0.717, 1.165) is 0 Å².